The van der Waals surface area contributed by atoms with Crippen molar-refractivity contribution >= 4 is 11.8 Å². The van der Waals surface area contributed by atoms with Gasteiger partial charge < -0.3 is 19.7 Å². The fraction of sp³-hybridized carbons (Fsp3) is 1.00. The maximum absolute atomic E-state index is 9.57. The second kappa shape index (κ2) is 3.64. The number of ether oxygens (including phenoxy) is 2. The molecule has 4 atom stereocenters. The van der Waals surface area contributed by atoms with E-state index in [1.807, 2.05) is 13.8 Å². The molecule has 2 heterocycles. The first-order valence-corrected chi connectivity index (χ1v) is 5.84. The van der Waals surface area contributed by atoms with Crippen LogP contribution in [0.1, 0.15) is 13.8 Å². The number of rotatable bonds is 2. The Bertz CT molecular complexity index is 221. The molecule has 2 saturated heterocycles. The maximum atomic E-state index is 9.57. The standard InChI is InChI=1S/C9H16O4S/c1-9(2)12-6-4-14-8(5(11)3-10)7(6)13-9/h5-8,10-11H,3-4H2,1-2H3/t5?,6-,7-,8+/m1/s1. The van der Waals surface area contributed by atoms with E-state index in [4.69, 9.17) is 14.6 Å². The smallest absolute Gasteiger partial charge is 0.163 e. The third-order valence-corrected chi connectivity index (χ3v) is 4.05. The van der Waals surface area contributed by atoms with Crippen molar-refractivity contribution in [1.29, 1.82) is 0 Å². The van der Waals surface area contributed by atoms with Gasteiger partial charge in [0, 0.05) is 5.75 Å². The zero-order valence-electron chi connectivity index (χ0n) is 8.34. The molecule has 14 heavy (non-hydrogen) atoms. The molecule has 2 rings (SSSR count). The summed E-state index contributed by atoms with van der Waals surface area (Å²) in [7, 11) is 0. The minimum Gasteiger partial charge on any atom is -0.394 e. The third-order valence-electron chi connectivity index (χ3n) is 2.56. The average molecular weight is 220 g/mol. The zero-order chi connectivity index (χ0) is 10.3. The highest BCUT2D eigenvalue weighted by Crippen LogP contribution is 2.42. The van der Waals surface area contributed by atoms with Crippen LogP contribution in [0.2, 0.25) is 0 Å². The van der Waals surface area contributed by atoms with E-state index in [1.165, 1.54) is 0 Å². The van der Waals surface area contributed by atoms with Gasteiger partial charge >= 0.3 is 0 Å². The molecular formula is C9H16O4S. The summed E-state index contributed by atoms with van der Waals surface area (Å²) in [5.41, 5.74) is 0. The zero-order valence-corrected chi connectivity index (χ0v) is 9.16. The summed E-state index contributed by atoms with van der Waals surface area (Å²) in [6, 6.07) is 0. The number of hydrogen-bond acceptors (Lipinski definition) is 5. The minimum atomic E-state index is -0.715. The van der Waals surface area contributed by atoms with Crippen LogP contribution in [0.25, 0.3) is 0 Å². The van der Waals surface area contributed by atoms with Crippen LogP contribution in [0.3, 0.4) is 0 Å². The van der Waals surface area contributed by atoms with Gasteiger partial charge in [-0.1, -0.05) is 0 Å². The lowest BCUT2D eigenvalue weighted by molar-refractivity contribution is -0.147. The van der Waals surface area contributed by atoms with Crippen LogP contribution in [0.4, 0.5) is 0 Å². The summed E-state index contributed by atoms with van der Waals surface area (Å²) < 4.78 is 11.4. The molecule has 0 aromatic heterocycles. The molecule has 2 aliphatic rings. The van der Waals surface area contributed by atoms with Gasteiger partial charge in [0.15, 0.2) is 5.79 Å². The third kappa shape index (κ3) is 1.79. The van der Waals surface area contributed by atoms with Crippen molar-refractivity contribution in [3.8, 4) is 0 Å². The first kappa shape index (κ1) is 10.7. The number of fused-ring (bicyclic) bond motifs is 1. The Morgan fingerprint density at radius 1 is 1.50 bits per heavy atom. The summed E-state index contributed by atoms with van der Waals surface area (Å²) >= 11 is 1.61. The van der Waals surface area contributed by atoms with Crippen molar-refractivity contribution in [2.24, 2.45) is 0 Å². The minimum absolute atomic E-state index is 0.0567. The lowest BCUT2D eigenvalue weighted by Crippen LogP contribution is -2.38. The summed E-state index contributed by atoms with van der Waals surface area (Å²) in [4.78, 5) is 0. The molecule has 2 N–H and O–H groups in total. The van der Waals surface area contributed by atoms with Crippen molar-refractivity contribution < 1.29 is 19.7 Å². The average Bonchev–Trinajstić information content (AvgIpc) is 2.58. The summed E-state index contributed by atoms with van der Waals surface area (Å²) in [5.74, 6) is 0.277. The highest BCUT2D eigenvalue weighted by atomic mass is 32.2. The van der Waals surface area contributed by atoms with Gasteiger partial charge in [-0.3, -0.25) is 0 Å². The molecule has 2 fully saturated rings. The van der Waals surface area contributed by atoms with E-state index >= 15 is 0 Å². The second-order valence-electron chi connectivity index (χ2n) is 4.19. The molecule has 0 aliphatic carbocycles. The molecule has 82 valence electrons. The quantitative estimate of drug-likeness (QED) is 0.684. The van der Waals surface area contributed by atoms with Crippen LogP contribution in [0, 0.1) is 0 Å². The Hall–Kier alpha value is 0.190. The number of hydrogen-bond donors (Lipinski definition) is 2. The van der Waals surface area contributed by atoms with Gasteiger partial charge in [0.05, 0.1) is 24.1 Å². The van der Waals surface area contributed by atoms with Crippen LogP contribution in [-0.2, 0) is 9.47 Å². The van der Waals surface area contributed by atoms with E-state index in [2.05, 4.69) is 0 Å². The SMILES string of the molecule is CC1(C)O[C@@H]2[C@@H](CS[C@H]2C(O)CO)O1. The van der Waals surface area contributed by atoms with Crippen molar-refractivity contribution in [2.45, 2.75) is 43.2 Å². The van der Waals surface area contributed by atoms with Gasteiger partial charge in [0.2, 0.25) is 0 Å². The molecule has 0 saturated carbocycles. The van der Waals surface area contributed by atoms with Crippen molar-refractivity contribution in [1.82, 2.24) is 0 Å². The Labute approximate surface area is 87.6 Å². The lowest BCUT2D eigenvalue weighted by atomic mass is 10.1. The van der Waals surface area contributed by atoms with Crippen molar-refractivity contribution in [3.05, 3.63) is 0 Å². The molecule has 0 aromatic carbocycles. The highest BCUT2D eigenvalue weighted by Gasteiger charge is 2.51. The van der Waals surface area contributed by atoms with Crippen molar-refractivity contribution in [3.63, 3.8) is 0 Å². The van der Waals surface area contributed by atoms with Crippen molar-refractivity contribution in [2.75, 3.05) is 12.4 Å². The van der Waals surface area contributed by atoms with Crippen LogP contribution in [0.15, 0.2) is 0 Å². The summed E-state index contributed by atoms with van der Waals surface area (Å²) in [5, 5.41) is 18.4. The first-order valence-electron chi connectivity index (χ1n) is 4.79. The van der Waals surface area contributed by atoms with Gasteiger partial charge in [-0.2, -0.15) is 11.8 Å². The van der Waals surface area contributed by atoms with E-state index in [0.717, 1.165) is 5.75 Å². The molecule has 0 bridgehead atoms. The fourth-order valence-electron chi connectivity index (χ4n) is 2.01. The van der Waals surface area contributed by atoms with Crippen LogP contribution >= 0.6 is 11.8 Å². The van der Waals surface area contributed by atoms with Crippen LogP contribution < -0.4 is 0 Å². The Morgan fingerprint density at radius 3 is 2.86 bits per heavy atom. The topological polar surface area (TPSA) is 58.9 Å². The Morgan fingerprint density at radius 2 is 2.21 bits per heavy atom. The number of aliphatic hydroxyl groups is 2. The summed E-state index contributed by atoms with van der Waals surface area (Å²) in [6.07, 6.45) is -0.745. The Balaban J connectivity index is 2.04. The van der Waals surface area contributed by atoms with E-state index in [9.17, 15) is 5.11 Å². The Kier molecular flexibility index (Phi) is 2.79. The predicted molar refractivity (Wildman–Crippen MR) is 53.2 cm³/mol. The van der Waals surface area contributed by atoms with Gasteiger partial charge in [-0.15, -0.1) is 0 Å². The second-order valence-corrected chi connectivity index (χ2v) is 5.40. The molecule has 4 nitrogen and oxygen atoms in total. The molecule has 0 spiro atoms. The predicted octanol–water partition coefficient (Wildman–Crippen LogP) is -0.0249. The largest absolute Gasteiger partial charge is 0.394 e. The molecule has 2 aliphatic heterocycles. The lowest BCUT2D eigenvalue weighted by Gasteiger charge is -2.23. The van der Waals surface area contributed by atoms with Crippen LogP contribution in [-0.4, -0.2) is 51.9 Å². The van der Waals surface area contributed by atoms with Gasteiger partial charge in [-0.25, -0.2) is 0 Å². The molecule has 0 radical (unpaired) electrons. The first-order chi connectivity index (χ1) is 6.53. The molecule has 0 amide bonds. The van der Waals surface area contributed by atoms with E-state index in [1.54, 1.807) is 11.8 Å². The molecule has 1 unspecified atom stereocenters. The summed E-state index contributed by atoms with van der Waals surface area (Å²) in [6.45, 7) is 3.53. The van der Waals surface area contributed by atoms with Crippen LogP contribution in [0.5, 0.6) is 0 Å². The molecule has 5 heteroatoms. The molecule has 0 aromatic rings. The fourth-order valence-corrected chi connectivity index (χ4v) is 3.40. The van der Waals surface area contributed by atoms with E-state index < -0.39 is 11.9 Å². The van der Waals surface area contributed by atoms with Gasteiger partial charge in [-0.05, 0) is 13.8 Å². The number of aliphatic hydroxyl groups excluding tert-OH is 2. The van der Waals surface area contributed by atoms with E-state index in [0.29, 0.717) is 0 Å². The van der Waals surface area contributed by atoms with Gasteiger partial charge in [0.1, 0.15) is 6.10 Å². The maximum Gasteiger partial charge on any atom is 0.163 e. The van der Waals surface area contributed by atoms with Gasteiger partial charge in [0.25, 0.3) is 0 Å². The molecular weight excluding hydrogens is 204 g/mol. The normalized spacial score (nSPS) is 42.4. The number of thioether (sulfide) groups is 1. The highest BCUT2D eigenvalue weighted by molar-refractivity contribution is 8.00. The van der Waals surface area contributed by atoms with E-state index in [-0.39, 0.29) is 24.1 Å². The monoisotopic (exact) mass is 220 g/mol.